The molecule has 2 amide bonds. The van der Waals surface area contributed by atoms with Crippen molar-refractivity contribution in [2.45, 2.75) is 20.3 Å². The highest BCUT2D eigenvalue weighted by molar-refractivity contribution is 9.10. The van der Waals surface area contributed by atoms with Gasteiger partial charge in [-0.15, -0.1) is 0 Å². The van der Waals surface area contributed by atoms with Crippen LogP contribution in [0, 0.1) is 0 Å². The number of hydrogen-bond donors (Lipinski definition) is 2. The maximum Gasteiger partial charge on any atom is 0.343 e. The minimum atomic E-state index is -0.536. The summed E-state index contributed by atoms with van der Waals surface area (Å²) in [7, 11) is 0. The fourth-order valence-corrected chi connectivity index (χ4v) is 3.53. The third-order valence-electron chi connectivity index (χ3n) is 4.93. The highest BCUT2D eigenvalue weighted by Crippen LogP contribution is 2.29. The lowest BCUT2D eigenvalue weighted by atomic mass is 10.2. The van der Waals surface area contributed by atoms with E-state index in [0.29, 0.717) is 41.4 Å². The Labute approximate surface area is 229 Å². The molecule has 0 radical (unpaired) electrons. The fourth-order valence-electron chi connectivity index (χ4n) is 3.13. The molecule has 0 bridgehead atoms. The van der Waals surface area contributed by atoms with Gasteiger partial charge in [0.05, 0.1) is 31.5 Å². The molecular weight excluding hydrogens is 554 g/mol. The van der Waals surface area contributed by atoms with Crippen molar-refractivity contribution in [3.05, 3.63) is 87.9 Å². The summed E-state index contributed by atoms with van der Waals surface area (Å²) in [5.74, 6) is -0.128. The molecule has 3 aromatic rings. The first-order valence-electron chi connectivity index (χ1n) is 12.0. The van der Waals surface area contributed by atoms with Crippen LogP contribution in [0.1, 0.15) is 46.5 Å². The molecule has 38 heavy (non-hydrogen) atoms. The lowest BCUT2D eigenvalue weighted by molar-refractivity contribution is -0.120. The number of nitrogens with one attached hydrogen (secondary N) is 2. The molecule has 0 aliphatic heterocycles. The van der Waals surface area contributed by atoms with Crippen molar-refractivity contribution in [1.29, 1.82) is 0 Å². The molecule has 0 saturated heterocycles. The summed E-state index contributed by atoms with van der Waals surface area (Å²) < 4.78 is 17.5. The number of hydrogen-bond acceptors (Lipinski definition) is 7. The Balaban J connectivity index is 1.56. The maximum absolute atomic E-state index is 12.6. The molecule has 10 heteroatoms. The van der Waals surface area contributed by atoms with Crippen LogP contribution in [0.2, 0.25) is 0 Å². The number of halogens is 1. The number of benzene rings is 3. The number of nitrogens with zero attached hydrogens (tertiary/aromatic N) is 1. The summed E-state index contributed by atoms with van der Waals surface area (Å²) in [5.41, 5.74) is 3.76. The summed E-state index contributed by atoms with van der Waals surface area (Å²) >= 11 is 3.30. The van der Waals surface area contributed by atoms with Gasteiger partial charge in [0.25, 0.3) is 11.8 Å². The number of hydrazone groups is 1. The second-order valence-electron chi connectivity index (χ2n) is 7.89. The van der Waals surface area contributed by atoms with E-state index in [2.05, 4.69) is 31.8 Å². The third-order valence-corrected chi connectivity index (χ3v) is 5.43. The average molecular weight is 582 g/mol. The first kappa shape index (κ1) is 28.4. The van der Waals surface area contributed by atoms with E-state index in [4.69, 9.17) is 14.2 Å². The van der Waals surface area contributed by atoms with Gasteiger partial charge in [0.15, 0.2) is 11.5 Å². The predicted molar refractivity (Wildman–Crippen MR) is 147 cm³/mol. The van der Waals surface area contributed by atoms with Gasteiger partial charge in [0.1, 0.15) is 5.75 Å². The van der Waals surface area contributed by atoms with Gasteiger partial charge in [0.2, 0.25) is 0 Å². The van der Waals surface area contributed by atoms with E-state index in [1.807, 2.05) is 13.8 Å². The van der Waals surface area contributed by atoms with Crippen LogP contribution in [-0.4, -0.2) is 43.8 Å². The predicted octanol–water partition coefficient (Wildman–Crippen LogP) is 4.74. The number of carbonyl (C=O) groups excluding carboxylic acids is 3. The Morgan fingerprint density at radius 3 is 2.42 bits per heavy atom. The van der Waals surface area contributed by atoms with Crippen molar-refractivity contribution in [3.8, 4) is 17.2 Å². The van der Waals surface area contributed by atoms with Gasteiger partial charge in [-0.3, -0.25) is 9.59 Å². The molecule has 0 aliphatic rings. The average Bonchev–Trinajstić information content (AvgIpc) is 2.92. The molecule has 0 spiro atoms. The third kappa shape index (κ3) is 8.74. The van der Waals surface area contributed by atoms with Crippen molar-refractivity contribution >= 4 is 39.9 Å². The molecule has 3 aromatic carbocycles. The van der Waals surface area contributed by atoms with Gasteiger partial charge in [-0.05, 0) is 79.6 Å². The van der Waals surface area contributed by atoms with E-state index >= 15 is 0 Å². The van der Waals surface area contributed by atoms with E-state index in [1.54, 1.807) is 66.7 Å². The zero-order valence-electron chi connectivity index (χ0n) is 21.0. The zero-order chi connectivity index (χ0) is 27.3. The van der Waals surface area contributed by atoms with Gasteiger partial charge in [-0.1, -0.05) is 28.9 Å². The second kappa shape index (κ2) is 14.5. The lowest BCUT2D eigenvalue weighted by Gasteiger charge is -2.12. The van der Waals surface area contributed by atoms with Crippen molar-refractivity contribution in [3.63, 3.8) is 0 Å². The van der Waals surface area contributed by atoms with Gasteiger partial charge in [-0.25, -0.2) is 10.2 Å². The van der Waals surface area contributed by atoms with Gasteiger partial charge >= 0.3 is 5.97 Å². The molecule has 3 rings (SSSR count). The highest BCUT2D eigenvalue weighted by atomic mass is 79.9. The Morgan fingerprint density at radius 1 is 0.921 bits per heavy atom. The van der Waals surface area contributed by atoms with Gasteiger partial charge in [-0.2, -0.15) is 5.10 Å². The van der Waals surface area contributed by atoms with E-state index in [-0.39, 0.29) is 18.2 Å². The summed E-state index contributed by atoms with van der Waals surface area (Å²) in [6.07, 6.45) is 2.31. The van der Waals surface area contributed by atoms with E-state index < -0.39 is 11.9 Å². The molecule has 2 N–H and O–H groups in total. The minimum Gasteiger partial charge on any atom is -0.494 e. The van der Waals surface area contributed by atoms with Gasteiger partial charge < -0.3 is 19.5 Å². The van der Waals surface area contributed by atoms with Crippen LogP contribution < -0.4 is 25.0 Å². The number of amides is 2. The van der Waals surface area contributed by atoms with Gasteiger partial charge in [0, 0.05) is 10.0 Å². The normalized spacial score (nSPS) is 10.6. The zero-order valence-corrected chi connectivity index (χ0v) is 22.6. The second-order valence-corrected chi connectivity index (χ2v) is 8.80. The molecule has 0 aliphatic carbocycles. The molecule has 0 atom stereocenters. The Bertz CT molecular complexity index is 1290. The fraction of sp³-hybridized carbons (Fsp3) is 0.214. The molecule has 0 fully saturated rings. The number of esters is 1. The van der Waals surface area contributed by atoms with Crippen LogP contribution in [0.15, 0.2) is 76.3 Å². The molecule has 0 heterocycles. The van der Waals surface area contributed by atoms with E-state index in [9.17, 15) is 14.4 Å². The first-order chi connectivity index (χ1) is 18.4. The quantitative estimate of drug-likeness (QED) is 0.138. The first-order valence-corrected chi connectivity index (χ1v) is 12.8. The van der Waals surface area contributed by atoms with Crippen molar-refractivity contribution < 1.29 is 28.6 Å². The number of rotatable bonds is 12. The standard InChI is InChI=1S/C28H28BrN3O6/c1-3-14-37-23-11-9-20(10-12-23)28(35)38-24-13-8-19(15-25(24)36-4-2)17-31-32-26(33)18-30-27(34)21-6-5-7-22(29)16-21/h5-13,15-17H,3-4,14,18H2,1-2H3,(H,30,34)(H,32,33)/b31-17+. The smallest absolute Gasteiger partial charge is 0.343 e. The number of ether oxygens (including phenoxy) is 3. The van der Waals surface area contributed by atoms with Crippen LogP contribution in [0.5, 0.6) is 17.2 Å². The SMILES string of the molecule is CCCOc1ccc(C(=O)Oc2ccc(/C=N/NC(=O)CNC(=O)c3cccc(Br)c3)cc2OCC)cc1. The molecule has 9 nitrogen and oxygen atoms in total. The van der Waals surface area contributed by atoms with Crippen LogP contribution in [0.25, 0.3) is 0 Å². The lowest BCUT2D eigenvalue weighted by Crippen LogP contribution is -2.34. The van der Waals surface area contributed by atoms with Crippen molar-refractivity contribution in [2.75, 3.05) is 19.8 Å². The largest absolute Gasteiger partial charge is 0.494 e. The summed E-state index contributed by atoms with van der Waals surface area (Å²) in [5, 5.41) is 6.45. The minimum absolute atomic E-state index is 0.243. The molecule has 0 saturated carbocycles. The Hall–Kier alpha value is -4.18. The highest BCUT2D eigenvalue weighted by Gasteiger charge is 2.14. The summed E-state index contributed by atoms with van der Waals surface area (Å²) in [6.45, 7) is 4.54. The molecule has 0 aromatic heterocycles. The summed E-state index contributed by atoms with van der Waals surface area (Å²) in [6, 6.07) is 18.4. The molecular formula is C28H28BrN3O6. The maximum atomic E-state index is 12.6. The van der Waals surface area contributed by atoms with Crippen LogP contribution in [0.3, 0.4) is 0 Å². The Morgan fingerprint density at radius 2 is 1.71 bits per heavy atom. The van der Waals surface area contributed by atoms with E-state index in [0.717, 1.165) is 10.9 Å². The topological polar surface area (TPSA) is 115 Å². The molecule has 198 valence electrons. The van der Waals surface area contributed by atoms with Crippen LogP contribution in [-0.2, 0) is 4.79 Å². The summed E-state index contributed by atoms with van der Waals surface area (Å²) in [4.78, 5) is 36.8. The van der Waals surface area contributed by atoms with Crippen LogP contribution >= 0.6 is 15.9 Å². The number of carbonyl (C=O) groups is 3. The molecule has 0 unspecified atom stereocenters. The van der Waals surface area contributed by atoms with Crippen molar-refractivity contribution in [2.24, 2.45) is 5.10 Å². The van der Waals surface area contributed by atoms with Crippen molar-refractivity contribution in [1.82, 2.24) is 10.7 Å². The Kier molecular flexibility index (Phi) is 10.9. The van der Waals surface area contributed by atoms with E-state index in [1.165, 1.54) is 6.21 Å². The monoisotopic (exact) mass is 581 g/mol. The van der Waals surface area contributed by atoms with Crippen LogP contribution in [0.4, 0.5) is 0 Å².